The van der Waals surface area contributed by atoms with Crippen molar-refractivity contribution in [3.63, 3.8) is 0 Å². The van der Waals surface area contributed by atoms with Crippen LogP contribution in [-0.4, -0.2) is 59.4 Å². The molecule has 0 unspecified atom stereocenters. The van der Waals surface area contributed by atoms with E-state index in [1.165, 1.54) is 0 Å². The van der Waals surface area contributed by atoms with Crippen molar-refractivity contribution in [2.45, 2.75) is 76.9 Å². The van der Waals surface area contributed by atoms with Gasteiger partial charge in [-0.05, 0) is 67.8 Å². The van der Waals surface area contributed by atoms with Crippen molar-refractivity contribution in [1.29, 1.82) is 0 Å². The Morgan fingerprint density at radius 2 is 1.88 bits per heavy atom. The topological polar surface area (TPSA) is 155 Å². The molecule has 0 aliphatic heterocycles. The maximum Gasteiger partial charge on any atom is 0.307 e. The summed E-state index contributed by atoms with van der Waals surface area (Å²) >= 11 is 0. The summed E-state index contributed by atoms with van der Waals surface area (Å²) in [6, 6.07) is 0. The van der Waals surface area contributed by atoms with Crippen LogP contribution in [0.3, 0.4) is 0 Å². The van der Waals surface area contributed by atoms with Gasteiger partial charge in [0.2, 0.25) is 0 Å². The summed E-state index contributed by atoms with van der Waals surface area (Å²) in [6.45, 7) is 3.81. The fourth-order valence-corrected chi connectivity index (χ4v) is 8.66. The maximum absolute atomic E-state index is 12.5. The lowest BCUT2D eigenvalue weighted by atomic mass is 9.43. The van der Waals surface area contributed by atoms with Gasteiger partial charge in [0.1, 0.15) is 0 Å². The van der Waals surface area contributed by atoms with Gasteiger partial charge in [-0.2, -0.15) is 8.42 Å². The van der Waals surface area contributed by atoms with E-state index in [9.17, 15) is 38.1 Å². The molecule has 3 saturated carbocycles. The molecule has 4 rings (SSSR count). The second-order valence-corrected chi connectivity index (χ2v) is 12.9. The van der Waals surface area contributed by atoms with Crippen molar-refractivity contribution in [3.8, 4) is 0 Å². The highest BCUT2D eigenvalue weighted by atomic mass is 32.2. The fourth-order valence-electron chi connectivity index (χ4n) is 8.03. The molecule has 9 nitrogen and oxygen atoms in total. The number of carboxylic acid groups (broad SMARTS) is 2. The van der Waals surface area contributed by atoms with Crippen LogP contribution in [0.15, 0.2) is 11.6 Å². The van der Waals surface area contributed by atoms with Gasteiger partial charge in [-0.25, -0.2) is 0 Å². The number of hydrogen-bond acceptors (Lipinski definition) is 7. The van der Waals surface area contributed by atoms with Crippen LogP contribution < -0.4 is 0 Å². The molecule has 34 heavy (non-hydrogen) atoms. The van der Waals surface area contributed by atoms with Crippen LogP contribution in [0.25, 0.3) is 0 Å². The lowest BCUT2D eigenvalue weighted by molar-refractivity contribution is -0.187. The van der Waals surface area contributed by atoms with E-state index in [0.29, 0.717) is 25.7 Å². The zero-order valence-electron chi connectivity index (χ0n) is 19.8. The van der Waals surface area contributed by atoms with E-state index in [4.69, 9.17) is 4.18 Å². The second-order valence-electron chi connectivity index (χ2n) is 11.3. The number of allylic oxidation sites excluding steroid dienone is 1. The highest BCUT2D eigenvalue weighted by molar-refractivity contribution is 7.86. The Balaban J connectivity index is 1.86. The molecule has 0 aromatic rings. The van der Waals surface area contributed by atoms with Crippen LogP contribution in [0.2, 0.25) is 0 Å². The van der Waals surface area contributed by atoms with Crippen LogP contribution in [0, 0.1) is 34.5 Å². The van der Waals surface area contributed by atoms with Crippen molar-refractivity contribution in [3.05, 3.63) is 11.6 Å². The normalized spacial score (nSPS) is 43.9. The molecule has 190 valence electrons. The van der Waals surface area contributed by atoms with Crippen LogP contribution in [0.1, 0.15) is 65.2 Å². The first-order chi connectivity index (χ1) is 15.6. The van der Waals surface area contributed by atoms with Crippen LogP contribution in [0.5, 0.6) is 0 Å². The Morgan fingerprint density at radius 1 is 1.21 bits per heavy atom. The predicted molar refractivity (Wildman–Crippen MR) is 120 cm³/mol. The van der Waals surface area contributed by atoms with Crippen molar-refractivity contribution in [1.82, 2.24) is 0 Å². The summed E-state index contributed by atoms with van der Waals surface area (Å²) in [7, 11) is -3.92. The molecule has 0 saturated heterocycles. The van der Waals surface area contributed by atoms with Crippen molar-refractivity contribution in [2.75, 3.05) is 6.26 Å². The SMILES string of the molecule is C[C@]12CCC(=O)C=C1C[C@@H](C(=O)O)[C@@H]1[C@@H]2[C@H](OS(C)(=O)=O)C[C@@]2(C)[C@H]1CC[C@]2(O)CCC(=O)O. The van der Waals surface area contributed by atoms with Gasteiger partial charge in [-0.3, -0.25) is 18.6 Å². The monoisotopic (exact) mass is 498 g/mol. The van der Waals surface area contributed by atoms with E-state index in [1.807, 2.05) is 13.8 Å². The minimum atomic E-state index is -3.92. The Morgan fingerprint density at radius 3 is 2.47 bits per heavy atom. The van der Waals surface area contributed by atoms with E-state index in [2.05, 4.69) is 0 Å². The number of rotatable bonds is 6. The van der Waals surface area contributed by atoms with E-state index < -0.39 is 62.3 Å². The number of aliphatic carboxylic acids is 2. The summed E-state index contributed by atoms with van der Waals surface area (Å²) in [5.74, 6) is -4.14. The first-order valence-electron chi connectivity index (χ1n) is 11.9. The minimum Gasteiger partial charge on any atom is -0.481 e. The molecule has 0 aromatic heterocycles. The van der Waals surface area contributed by atoms with Crippen LogP contribution in [0.4, 0.5) is 0 Å². The molecule has 10 heteroatoms. The highest BCUT2D eigenvalue weighted by Crippen LogP contribution is 2.69. The standard InChI is InChI=1S/C24H34O9S/c1-22-7-4-14(25)10-13(22)11-15(21(28)29)19-16-5-8-24(30,9-6-18(26)27)23(16,2)12-17(20(19)22)33-34(3,31)32/h10,15-17,19-20,30H,4-9,11-12H2,1-3H3,(H,26,27)(H,28,29)/t15-,16+,17-,19+,20+,22+,23+,24+/m1/s1. The highest BCUT2D eigenvalue weighted by Gasteiger charge is 2.69. The quantitative estimate of drug-likeness (QED) is 0.468. The first-order valence-corrected chi connectivity index (χ1v) is 13.7. The number of carboxylic acids is 2. The number of aliphatic hydroxyl groups is 1. The lowest BCUT2D eigenvalue weighted by Crippen LogP contribution is -2.63. The third-order valence-corrected chi connectivity index (χ3v) is 10.2. The van der Waals surface area contributed by atoms with E-state index in [0.717, 1.165) is 11.8 Å². The summed E-state index contributed by atoms with van der Waals surface area (Å²) in [5.41, 5.74) is -2.14. The van der Waals surface area contributed by atoms with Gasteiger partial charge in [0.05, 0.1) is 23.9 Å². The van der Waals surface area contributed by atoms with Crippen molar-refractivity contribution >= 4 is 27.8 Å². The molecule has 0 bridgehead atoms. The number of carbonyl (C=O) groups excluding carboxylic acids is 1. The summed E-state index contributed by atoms with van der Waals surface area (Å²) < 4.78 is 30.3. The van der Waals surface area contributed by atoms with Crippen LogP contribution >= 0.6 is 0 Å². The van der Waals surface area contributed by atoms with Gasteiger partial charge in [0.15, 0.2) is 5.78 Å². The number of fused-ring (bicyclic) bond motifs is 5. The third kappa shape index (κ3) is 3.91. The first kappa shape index (κ1) is 25.3. The van der Waals surface area contributed by atoms with Gasteiger partial charge in [-0.1, -0.05) is 19.4 Å². The smallest absolute Gasteiger partial charge is 0.307 e. The second kappa shape index (κ2) is 8.13. The zero-order chi connectivity index (χ0) is 25.3. The summed E-state index contributed by atoms with van der Waals surface area (Å²) in [6.07, 6.45) is 3.39. The van der Waals surface area contributed by atoms with Crippen LogP contribution in [-0.2, 0) is 28.7 Å². The molecule has 3 fully saturated rings. The zero-order valence-corrected chi connectivity index (χ0v) is 20.6. The minimum absolute atomic E-state index is 0.00692. The molecule has 4 aliphatic carbocycles. The van der Waals surface area contributed by atoms with Gasteiger partial charge >= 0.3 is 11.9 Å². The molecule has 0 spiro atoms. The molecule has 0 heterocycles. The van der Waals surface area contributed by atoms with Gasteiger partial charge in [-0.15, -0.1) is 0 Å². The predicted octanol–water partition coefficient (Wildman–Crippen LogP) is 2.38. The molecule has 3 N–H and O–H groups in total. The molecular formula is C24H34O9S. The van der Waals surface area contributed by atoms with Crippen molar-refractivity contribution in [2.24, 2.45) is 34.5 Å². The largest absolute Gasteiger partial charge is 0.481 e. The van der Waals surface area contributed by atoms with Crippen molar-refractivity contribution < 1.29 is 42.3 Å². The van der Waals surface area contributed by atoms with E-state index in [1.54, 1.807) is 6.08 Å². The average Bonchev–Trinajstić information content (AvgIpc) is 2.96. The Kier molecular flexibility index (Phi) is 6.05. The molecule has 0 aromatic carbocycles. The molecule has 8 atom stereocenters. The van der Waals surface area contributed by atoms with Gasteiger partial charge < -0.3 is 15.3 Å². The lowest BCUT2D eigenvalue weighted by Gasteiger charge is -2.62. The molecule has 0 amide bonds. The van der Waals surface area contributed by atoms with Gasteiger partial charge in [0.25, 0.3) is 10.1 Å². The average molecular weight is 499 g/mol. The number of carbonyl (C=O) groups is 3. The van der Waals surface area contributed by atoms with Gasteiger partial charge in [0, 0.05) is 18.3 Å². The Labute approximate surface area is 199 Å². The fraction of sp³-hybridized carbons (Fsp3) is 0.792. The summed E-state index contributed by atoms with van der Waals surface area (Å²) in [5, 5.41) is 31.2. The molecule has 0 radical (unpaired) electrons. The maximum atomic E-state index is 12.5. The molecule has 4 aliphatic rings. The number of ketones is 1. The molecular weight excluding hydrogens is 464 g/mol. The number of hydrogen-bond donors (Lipinski definition) is 3. The third-order valence-electron chi connectivity index (χ3n) is 9.62. The van der Waals surface area contributed by atoms with E-state index in [-0.39, 0.29) is 37.4 Å². The Hall–Kier alpha value is -1.78. The summed E-state index contributed by atoms with van der Waals surface area (Å²) in [4.78, 5) is 36.0. The Bertz CT molecular complexity index is 1050. The van der Waals surface area contributed by atoms with E-state index >= 15 is 0 Å².